The van der Waals surface area contributed by atoms with Crippen molar-refractivity contribution in [2.75, 3.05) is 6.79 Å². The molecule has 0 N–H and O–H groups in total. The predicted octanol–water partition coefficient (Wildman–Crippen LogP) is 4.02. The Morgan fingerprint density at radius 2 is 1.79 bits per heavy atom. The lowest BCUT2D eigenvalue weighted by Crippen LogP contribution is -2.48. The summed E-state index contributed by atoms with van der Waals surface area (Å²) >= 11 is 0. The number of carbonyl (C=O) groups excluding carboxylic acids is 1. The highest BCUT2D eigenvalue weighted by Crippen LogP contribution is 2.32. The van der Waals surface area contributed by atoms with Gasteiger partial charge in [-0.25, -0.2) is 0 Å². The number of allylic oxidation sites excluding steroid dienone is 2. The zero-order valence-corrected chi connectivity index (χ0v) is 14.6. The van der Waals surface area contributed by atoms with Gasteiger partial charge in [-0.3, -0.25) is 4.79 Å². The van der Waals surface area contributed by atoms with Gasteiger partial charge in [0.05, 0.1) is 0 Å². The fraction of sp³-hybridized carbons (Fsp3) is 0.450. The fourth-order valence-corrected chi connectivity index (χ4v) is 3.76. The molecule has 0 aliphatic carbocycles. The van der Waals surface area contributed by atoms with Crippen molar-refractivity contribution < 1.29 is 14.3 Å². The first-order valence-corrected chi connectivity index (χ1v) is 8.61. The molecule has 1 aromatic rings. The van der Waals surface area contributed by atoms with Gasteiger partial charge in [-0.2, -0.15) is 0 Å². The number of likely N-dealkylation sites (tertiary alicyclic amines) is 1. The Labute approximate surface area is 143 Å². The number of ether oxygens (including phenoxy) is 2. The second kappa shape index (κ2) is 7.12. The lowest BCUT2D eigenvalue weighted by molar-refractivity contribution is -0.132. The van der Waals surface area contributed by atoms with Crippen LogP contribution in [0.2, 0.25) is 0 Å². The van der Waals surface area contributed by atoms with Crippen LogP contribution in [0.1, 0.15) is 39.2 Å². The molecule has 3 rings (SSSR count). The van der Waals surface area contributed by atoms with E-state index < -0.39 is 0 Å². The Bertz CT molecular complexity index is 653. The molecule has 0 radical (unpaired) electrons. The SMILES string of the molecule is CC1CC(C)N(C(=O)/C=C/C=C/c2ccc3c(c2)OCO3)C(C)C1. The summed E-state index contributed by atoms with van der Waals surface area (Å²) in [6.45, 7) is 6.82. The van der Waals surface area contributed by atoms with Crippen LogP contribution in [-0.4, -0.2) is 29.7 Å². The summed E-state index contributed by atoms with van der Waals surface area (Å²) in [6, 6.07) is 6.41. The van der Waals surface area contributed by atoms with E-state index >= 15 is 0 Å². The summed E-state index contributed by atoms with van der Waals surface area (Å²) in [4.78, 5) is 14.5. The zero-order valence-electron chi connectivity index (χ0n) is 14.6. The third-order valence-electron chi connectivity index (χ3n) is 4.73. The number of carbonyl (C=O) groups is 1. The molecule has 2 atom stereocenters. The van der Waals surface area contributed by atoms with Crippen LogP contribution in [-0.2, 0) is 4.79 Å². The average molecular weight is 327 g/mol. The molecule has 4 heteroatoms. The van der Waals surface area contributed by atoms with Gasteiger partial charge >= 0.3 is 0 Å². The summed E-state index contributed by atoms with van der Waals surface area (Å²) in [5.41, 5.74) is 1.02. The number of rotatable bonds is 3. The van der Waals surface area contributed by atoms with Crippen LogP contribution in [0.3, 0.4) is 0 Å². The van der Waals surface area contributed by atoms with E-state index in [0.29, 0.717) is 18.0 Å². The van der Waals surface area contributed by atoms with Gasteiger partial charge in [0.2, 0.25) is 12.7 Å². The van der Waals surface area contributed by atoms with Crippen molar-refractivity contribution in [3.8, 4) is 11.5 Å². The molecule has 1 saturated heterocycles. The van der Waals surface area contributed by atoms with Gasteiger partial charge in [-0.1, -0.05) is 31.2 Å². The summed E-state index contributed by atoms with van der Waals surface area (Å²) in [6.07, 6.45) is 9.47. The zero-order chi connectivity index (χ0) is 17.1. The number of fused-ring (bicyclic) bond motifs is 1. The van der Waals surface area contributed by atoms with Gasteiger partial charge in [-0.05, 0) is 50.3 Å². The molecular weight excluding hydrogens is 302 g/mol. The Kier molecular flexibility index (Phi) is 4.93. The third kappa shape index (κ3) is 3.64. The number of piperidine rings is 1. The number of hydrogen-bond donors (Lipinski definition) is 0. The first kappa shape index (κ1) is 16.6. The molecule has 0 saturated carbocycles. The van der Waals surface area contributed by atoms with E-state index in [4.69, 9.17) is 9.47 Å². The first-order valence-electron chi connectivity index (χ1n) is 8.61. The highest BCUT2D eigenvalue weighted by Gasteiger charge is 2.30. The van der Waals surface area contributed by atoms with E-state index in [1.54, 1.807) is 6.08 Å². The van der Waals surface area contributed by atoms with Crippen LogP contribution >= 0.6 is 0 Å². The van der Waals surface area contributed by atoms with Crippen molar-refractivity contribution in [2.24, 2.45) is 5.92 Å². The van der Waals surface area contributed by atoms with Crippen molar-refractivity contribution in [3.63, 3.8) is 0 Å². The molecule has 128 valence electrons. The van der Waals surface area contributed by atoms with E-state index in [0.717, 1.165) is 29.9 Å². The smallest absolute Gasteiger partial charge is 0.247 e. The Morgan fingerprint density at radius 3 is 2.54 bits per heavy atom. The molecule has 0 aromatic heterocycles. The second-order valence-corrected chi connectivity index (χ2v) is 6.85. The lowest BCUT2D eigenvalue weighted by atomic mass is 9.88. The van der Waals surface area contributed by atoms with Crippen molar-refractivity contribution in [1.82, 2.24) is 4.90 Å². The molecular formula is C20H25NO3. The minimum atomic E-state index is 0.0947. The summed E-state index contributed by atoms with van der Waals surface area (Å²) in [7, 11) is 0. The van der Waals surface area contributed by atoms with Gasteiger partial charge < -0.3 is 14.4 Å². The standard InChI is InChI=1S/C20H25NO3/c1-14-10-15(2)21(16(3)11-14)20(22)7-5-4-6-17-8-9-18-19(12-17)24-13-23-18/h4-9,12,14-16H,10-11,13H2,1-3H3/b6-4+,7-5+. The van der Waals surface area contributed by atoms with Crippen molar-refractivity contribution in [3.05, 3.63) is 42.0 Å². The van der Waals surface area contributed by atoms with Gasteiger partial charge in [0.15, 0.2) is 11.5 Å². The summed E-state index contributed by atoms with van der Waals surface area (Å²) < 4.78 is 10.7. The maximum atomic E-state index is 12.5. The maximum Gasteiger partial charge on any atom is 0.247 e. The van der Waals surface area contributed by atoms with Crippen LogP contribution in [0.5, 0.6) is 11.5 Å². The summed E-state index contributed by atoms with van der Waals surface area (Å²) in [5.74, 6) is 2.33. The maximum absolute atomic E-state index is 12.5. The van der Waals surface area contributed by atoms with Crippen molar-refractivity contribution in [2.45, 2.75) is 45.7 Å². The van der Waals surface area contributed by atoms with Crippen LogP contribution in [0, 0.1) is 5.92 Å². The summed E-state index contributed by atoms with van der Waals surface area (Å²) in [5, 5.41) is 0. The van der Waals surface area contributed by atoms with Crippen molar-refractivity contribution >= 4 is 12.0 Å². The van der Waals surface area contributed by atoms with E-state index in [1.807, 2.05) is 41.3 Å². The molecule has 4 nitrogen and oxygen atoms in total. The fourth-order valence-electron chi connectivity index (χ4n) is 3.76. The Hall–Kier alpha value is -2.23. The van der Waals surface area contributed by atoms with E-state index in [9.17, 15) is 4.79 Å². The minimum Gasteiger partial charge on any atom is -0.454 e. The van der Waals surface area contributed by atoms with Gasteiger partial charge in [-0.15, -0.1) is 0 Å². The largest absolute Gasteiger partial charge is 0.454 e. The van der Waals surface area contributed by atoms with E-state index in [1.165, 1.54) is 0 Å². The lowest BCUT2D eigenvalue weighted by Gasteiger charge is -2.41. The number of amides is 1. The number of hydrogen-bond acceptors (Lipinski definition) is 3. The van der Waals surface area contributed by atoms with Crippen LogP contribution in [0.4, 0.5) is 0 Å². The van der Waals surface area contributed by atoms with Gasteiger partial charge in [0.25, 0.3) is 0 Å². The van der Waals surface area contributed by atoms with E-state index in [2.05, 4.69) is 20.8 Å². The Morgan fingerprint density at radius 1 is 1.08 bits per heavy atom. The molecule has 2 aliphatic heterocycles. The second-order valence-electron chi connectivity index (χ2n) is 6.85. The molecule has 0 spiro atoms. The van der Waals surface area contributed by atoms with Gasteiger partial charge in [0.1, 0.15) is 0 Å². The number of nitrogens with zero attached hydrogens (tertiary/aromatic N) is 1. The predicted molar refractivity (Wildman–Crippen MR) is 94.9 cm³/mol. The molecule has 1 fully saturated rings. The average Bonchev–Trinajstić information content (AvgIpc) is 2.98. The molecule has 2 aliphatic rings. The van der Waals surface area contributed by atoms with E-state index in [-0.39, 0.29) is 12.7 Å². The molecule has 1 amide bonds. The minimum absolute atomic E-state index is 0.0947. The highest BCUT2D eigenvalue weighted by molar-refractivity contribution is 5.88. The number of benzene rings is 1. The molecule has 0 bridgehead atoms. The molecule has 1 aromatic carbocycles. The molecule has 2 unspecified atom stereocenters. The quantitative estimate of drug-likeness (QED) is 0.622. The molecule has 24 heavy (non-hydrogen) atoms. The highest BCUT2D eigenvalue weighted by atomic mass is 16.7. The molecule has 2 heterocycles. The van der Waals surface area contributed by atoms with Crippen molar-refractivity contribution in [1.29, 1.82) is 0 Å². The monoisotopic (exact) mass is 327 g/mol. The van der Waals surface area contributed by atoms with Crippen LogP contribution in [0.15, 0.2) is 36.4 Å². The topological polar surface area (TPSA) is 38.8 Å². The normalized spacial score (nSPS) is 26.5. The Balaban J connectivity index is 1.60. The van der Waals surface area contributed by atoms with Crippen LogP contribution < -0.4 is 9.47 Å². The van der Waals surface area contributed by atoms with Crippen LogP contribution in [0.25, 0.3) is 6.08 Å². The first-order chi connectivity index (χ1) is 11.5. The van der Waals surface area contributed by atoms with Gasteiger partial charge in [0, 0.05) is 18.2 Å². The third-order valence-corrected chi connectivity index (χ3v) is 4.73.